The Labute approximate surface area is 145 Å². The van der Waals surface area contributed by atoms with Crippen LogP contribution in [0.1, 0.15) is 17.3 Å². The number of anilines is 1. The minimum absolute atomic E-state index is 0.201. The first kappa shape index (κ1) is 22.6. The predicted molar refractivity (Wildman–Crippen MR) is 71.9 cm³/mol. The van der Waals surface area contributed by atoms with Gasteiger partial charge in [-0.15, -0.1) is 0 Å². The number of carbonyl (C=O) groups is 2. The van der Waals surface area contributed by atoms with E-state index in [1.54, 1.807) is 0 Å². The van der Waals surface area contributed by atoms with Gasteiger partial charge in [-0.25, -0.2) is 4.79 Å². The van der Waals surface area contributed by atoms with Crippen LogP contribution >= 0.6 is 0 Å². The summed E-state index contributed by atoms with van der Waals surface area (Å²) in [6.45, 7) is 1.15. The average Bonchev–Trinajstić information content (AvgIpc) is 2.54. The van der Waals surface area contributed by atoms with Crippen molar-refractivity contribution >= 4 is 17.6 Å². The second-order valence-electron chi connectivity index (χ2n) is 4.94. The number of carbonyl (C=O) groups excluding carboxylic acids is 2. The maximum Gasteiger partial charge on any atom is 0.460 e. The third-order valence-electron chi connectivity index (χ3n) is 3.10. The van der Waals surface area contributed by atoms with Crippen molar-refractivity contribution in [2.24, 2.45) is 0 Å². The van der Waals surface area contributed by atoms with Crippen molar-refractivity contribution in [3.8, 4) is 0 Å². The summed E-state index contributed by atoms with van der Waals surface area (Å²) >= 11 is 0. The first-order valence-corrected chi connectivity index (χ1v) is 6.89. The van der Waals surface area contributed by atoms with Gasteiger partial charge in [-0.2, -0.15) is 39.5 Å². The van der Waals surface area contributed by atoms with Crippen molar-refractivity contribution in [2.45, 2.75) is 30.9 Å². The first-order chi connectivity index (χ1) is 12.1. The number of nitrogens with one attached hydrogen (secondary N) is 1. The minimum atomic E-state index is -7.21. The van der Waals surface area contributed by atoms with E-state index >= 15 is 0 Å². The number of hydrogen-bond donors (Lipinski definition) is 1. The molecule has 0 aliphatic rings. The SMILES string of the molecule is CCOC(=O)c1ccccc1NC(=O)C(F)(F)C(F)(F)C(F)(F)C(F)(F)F. The van der Waals surface area contributed by atoms with Gasteiger partial charge in [-0.05, 0) is 19.1 Å². The van der Waals surface area contributed by atoms with E-state index in [1.165, 1.54) is 6.92 Å². The zero-order valence-electron chi connectivity index (χ0n) is 13.1. The lowest BCUT2D eigenvalue weighted by molar-refractivity contribution is -0.388. The summed E-state index contributed by atoms with van der Waals surface area (Å²) in [6, 6.07) is 3.86. The first-order valence-electron chi connectivity index (χ1n) is 6.89. The van der Waals surface area contributed by atoms with E-state index in [-0.39, 0.29) is 6.61 Å². The molecule has 13 heteroatoms. The zero-order chi connectivity index (χ0) is 21.3. The molecule has 0 atom stereocenters. The summed E-state index contributed by atoms with van der Waals surface area (Å²) in [5, 5.41) is 1.05. The molecular formula is C14H10F9NO3. The topological polar surface area (TPSA) is 55.4 Å². The third-order valence-corrected chi connectivity index (χ3v) is 3.10. The lowest BCUT2D eigenvalue weighted by atomic mass is 10.0. The lowest BCUT2D eigenvalue weighted by Crippen LogP contribution is -2.64. The van der Waals surface area contributed by atoms with Crippen molar-refractivity contribution in [1.29, 1.82) is 0 Å². The van der Waals surface area contributed by atoms with Crippen molar-refractivity contribution in [3.63, 3.8) is 0 Å². The van der Waals surface area contributed by atoms with Crippen molar-refractivity contribution in [1.82, 2.24) is 0 Å². The average molecular weight is 411 g/mol. The van der Waals surface area contributed by atoms with Gasteiger partial charge in [0, 0.05) is 0 Å². The standard InChI is InChI=1S/C14H10F9NO3/c1-2-27-9(25)7-5-3-4-6-8(7)24-10(26)11(15,16)12(17,18)13(19,20)14(21,22)23/h3-6H,2H2,1H3,(H,24,26). The van der Waals surface area contributed by atoms with Crippen LogP contribution < -0.4 is 5.32 Å². The number of halogens is 9. The number of para-hydroxylation sites is 1. The number of alkyl halides is 9. The molecule has 0 aliphatic heterocycles. The maximum atomic E-state index is 13.5. The molecule has 0 fully saturated rings. The van der Waals surface area contributed by atoms with Crippen LogP contribution in [0.5, 0.6) is 0 Å². The Morgan fingerprint density at radius 2 is 1.44 bits per heavy atom. The molecule has 0 bridgehead atoms. The molecule has 152 valence electrons. The molecule has 0 saturated heterocycles. The summed E-state index contributed by atoms with van der Waals surface area (Å²) in [6.07, 6.45) is -7.05. The van der Waals surface area contributed by atoms with Crippen LogP contribution in [0.15, 0.2) is 24.3 Å². The Balaban J connectivity index is 3.25. The van der Waals surface area contributed by atoms with Gasteiger partial charge in [0.2, 0.25) is 0 Å². The number of ether oxygens (including phenoxy) is 1. The van der Waals surface area contributed by atoms with Crippen LogP contribution in [0.2, 0.25) is 0 Å². The van der Waals surface area contributed by atoms with E-state index in [9.17, 15) is 49.1 Å². The van der Waals surface area contributed by atoms with Gasteiger partial charge in [0.05, 0.1) is 17.9 Å². The monoisotopic (exact) mass is 411 g/mol. The van der Waals surface area contributed by atoms with Gasteiger partial charge in [-0.1, -0.05) is 12.1 Å². The summed E-state index contributed by atoms with van der Waals surface area (Å²) in [4.78, 5) is 23.0. The van der Waals surface area contributed by atoms with E-state index in [0.717, 1.165) is 29.6 Å². The fourth-order valence-electron chi connectivity index (χ4n) is 1.70. The smallest absolute Gasteiger partial charge is 0.460 e. The molecule has 0 aromatic heterocycles. The van der Waals surface area contributed by atoms with E-state index < -0.39 is 47.1 Å². The van der Waals surface area contributed by atoms with Gasteiger partial charge in [0.25, 0.3) is 0 Å². The van der Waals surface area contributed by atoms with E-state index in [0.29, 0.717) is 0 Å². The second-order valence-corrected chi connectivity index (χ2v) is 4.94. The summed E-state index contributed by atoms with van der Waals surface area (Å²) < 4.78 is 120. The number of benzene rings is 1. The Kier molecular flexibility index (Phi) is 6.08. The fourth-order valence-corrected chi connectivity index (χ4v) is 1.70. The molecule has 0 spiro atoms. The molecule has 0 saturated carbocycles. The number of hydrogen-bond acceptors (Lipinski definition) is 3. The number of esters is 1. The van der Waals surface area contributed by atoms with Crippen LogP contribution in [0.4, 0.5) is 45.2 Å². The van der Waals surface area contributed by atoms with Gasteiger partial charge in [-0.3, -0.25) is 4.79 Å². The molecule has 27 heavy (non-hydrogen) atoms. The van der Waals surface area contributed by atoms with E-state index in [4.69, 9.17) is 0 Å². The van der Waals surface area contributed by atoms with Crippen LogP contribution in [0.25, 0.3) is 0 Å². The molecule has 0 aliphatic carbocycles. The Morgan fingerprint density at radius 1 is 0.926 bits per heavy atom. The maximum absolute atomic E-state index is 13.5. The van der Waals surface area contributed by atoms with Gasteiger partial charge in [0.15, 0.2) is 0 Å². The molecule has 0 unspecified atom stereocenters. The number of amides is 1. The molecule has 1 amide bonds. The molecule has 1 N–H and O–H groups in total. The number of rotatable bonds is 6. The Hall–Kier alpha value is -2.47. The summed E-state index contributed by atoms with van der Waals surface area (Å²) in [5.41, 5.74) is -1.47. The largest absolute Gasteiger partial charge is 0.462 e. The quantitative estimate of drug-likeness (QED) is 0.562. The molecule has 1 rings (SSSR count). The molecule has 1 aromatic carbocycles. The van der Waals surface area contributed by atoms with Crippen LogP contribution in [-0.2, 0) is 9.53 Å². The molecular weight excluding hydrogens is 401 g/mol. The Morgan fingerprint density at radius 3 is 1.93 bits per heavy atom. The predicted octanol–water partition coefficient (Wildman–Crippen LogP) is 4.27. The van der Waals surface area contributed by atoms with Gasteiger partial charge >= 0.3 is 35.8 Å². The van der Waals surface area contributed by atoms with Crippen LogP contribution in [-0.4, -0.2) is 42.4 Å². The minimum Gasteiger partial charge on any atom is -0.462 e. The lowest BCUT2D eigenvalue weighted by Gasteiger charge is -2.32. The van der Waals surface area contributed by atoms with Gasteiger partial charge < -0.3 is 10.1 Å². The van der Waals surface area contributed by atoms with Crippen molar-refractivity contribution < 1.29 is 53.8 Å². The highest BCUT2D eigenvalue weighted by molar-refractivity contribution is 6.03. The third kappa shape index (κ3) is 3.95. The van der Waals surface area contributed by atoms with Crippen molar-refractivity contribution in [2.75, 3.05) is 11.9 Å². The van der Waals surface area contributed by atoms with Crippen molar-refractivity contribution in [3.05, 3.63) is 29.8 Å². The highest BCUT2D eigenvalue weighted by Gasteiger charge is 2.83. The highest BCUT2D eigenvalue weighted by atomic mass is 19.4. The highest BCUT2D eigenvalue weighted by Crippen LogP contribution is 2.53. The van der Waals surface area contributed by atoms with Crippen LogP contribution in [0.3, 0.4) is 0 Å². The Bertz CT molecular complexity index is 716. The normalized spacial score (nSPS) is 13.3. The van der Waals surface area contributed by atoms with E-state index in [2.05, 4.69) is 4.74 Å². The summed E-state index contributed by atoms with van der Waals surface area (Å²) in [5.74, 6) is -25.2. The zero-order valence-corrected chi connectivity index (χ0v) is 13.1. The summed E-state index contributed by atoms with van der Waals surface area (Å²) in [7, 11) is 0. The molecule has 0 heterocycles. The van der Waals surface area contributed by atoms with Gasteiger partial charge in [0.1, 0.15) is 0 Å². The molecule has 1 aromatic rings. The molecule has 4 nitrogen and oxygen atoms in total. The molecule has 0 radical (unpaired) electrons. The van der Waals surface area contributed by atoms with Crippen LogP contribution in [0, 0.1) is 0 Å². The van der Waals surface area contributed by atoms with E-state index in [1.807, 2.05) is 0 Å². The second kappa shape index (κ2) is 7.27. The fraction of sp³-hybridized carbons (Fsp3) is 0.429.